The largest absolute Gasteiger partial charge is 0.425 e. The third-order valence-electron chi connectivity index (χ3n) is 2.29. The first-order valence-corrected chi connectivity index (χ1v) is 5.01. The molecule has 1 aliphatic rings. The van der Waals surface area contributed by atoms with E-state index in [0.29, 0.717) is 24.7 Å². The summed E-state index contributed by atoms with van der Waals surface area (Å²) in [5, 5.41) is 7.84. The van der Waals surface area contributed by atoms with Gasteiger partial charge in [0, 0.05) is 19.6 Å². The van der Waals surface area contributed by atoms with Gasteiger partial charge in [-0.05, 0) is 12.8 Å². The second-order valence-corrected chi connectivity index (χ2v) is 3.47. The van der Waals surface area contributed by atoms with Crippen molar-refractivity contribution in [2.24, 2.45) is 5.73 Å². The summed E-state index contributed by atoms with van der Waals surface area (Å²) < 4.78 is 10.9. The molecule has 1 aromatic rings. The molecule has 0 spiro atoms. The number of ether oxygens (including phenoxy) is 1. The van der Waals surface area contributed by atoms with Gasteiger partial charge in [0.25, 0.3) is 0 Å². The Kier molecular flexibility index (Phi) is 3.10. The molecule has 0 aromatic carbocycles. The zero-order valence-corrected chi connectivity index (χ0v) is 8.11. The van der Waals surface area contributed by atoms with E-state index in [1.807, 2.05) is 0 Å². The third kappa shape index (κ3) is 2.30. The van der Waals surface area contributed by atoms with Crippen LogP contribution in [-0.2, 0) is 17.6 Å². The highest BCUT2D eigenvalue weighted by Gasteiger charge is 2.18. The molecule has 2 heterocycles. The number of nitrogens with zero attached hydrogens (tertiary/aromatic N) is 2. The van der Waals surface area contributed by atoms with Crippen molar-refractivity contribution in [3.05, 3.63) is 11.8 Å². The Morgan fingerprint density at radius 3 is 2.93 bits per heavy atom. The predicted molar refractivity (Wildman–Crippen MR) is 49.7 cm³/mol. The summed E-state index contributed by atoms with van der Waals surface area (Å²) in [6.45, 7) is 1.40. The Hall–Kier alpha value is -0.940. The minimum atomic E-state index is 0.265. The molecular formula is C9H15N3O2. The number of nitrogens with two attached hydrogens (primary N) is 1. The van der Waals surface area contributed by atoms with Crippen molar-refractivity contribution in [1.29, 1.82) is 0 Å². The summed E-state index contributed by atoms with van der Waals surface area (Å²) in [5.74, 6) is 1.29. The van der Waals surface area contributed by atoms with Crippen molar-refractivity contribution >= 4 is 0 Å². The normalized spacial score (nSPS) is 21.6. The molecule has 0 bridgehead atoms. The summed E-state index contributed by atoms with van der Waals surface area (Å²) in [6.07, 6.45) is 3.88. The van der Waals surface area contributed by atoms with Gasteiger partial charge in [0.05, 0.1) is 12.5 Å². The standard InChI is InChI=1S/C9H15N3O2/c10-4-3-8-11-12-9(14-8)6-7-2-1-5-13-7/h7H,1-6,10H2. The van der Waals surface area contributed by atoms with Crippen molar-refractivity contribution in [2.75, 3.05) is 13.2 Å². The molecular weight excluding hydrogens is 182 g/mol. The second-order valence-electron chi connectivity index (χ2n) is 3.47. The summed E-state index contributed by atoms with van der Waals surface area (Å²) in [7, 11) is 0. The van der Waals surface area contributed by atoms with Crippen molar-refractivity contribution in [3.63, 3.8) is 0 Å². The SMILES string of the molecule is NCCc1nnc(CC2CCCO2)o1. The van der Waals surface area contributed by atoms with Crippen molar-refractivity contribution in [2.45, 2.75) is 31.8 Å². The Bertz CT molecular complexity index is 281. The van der Waals surface area contributed by atoms with Crippen LogP contribution in [0.15, 0.2) is 4.42 Å². The Labute approximate surface area is 82.6 Å². The number of hydrogen-bond acceptors (Lipinski definition) is 5. The molecule has 78 valence electrons. The van der Waals surface area contributed by atoms with E-state index in [9.17, 15) is 0 Å². The summed E-state index contributed by atoms with van der Waals surface area (Å²) in [5.41, 5.74) is 5.38. The maximum absolute atomic E-state index is 5.47. The fourth-order valence-corrected chi connectivity index (χ4v) is 1.60. The minimum absolute atomic E-state index is 0.265. The quantitative estimate of drug-likeness (QED) is 0.751. The van der Waals surface area contributed by atoms with Gasteiger partial charge in [0.2, 0.25) is 11.8 Å². The second kappa shape index (κ2) is 4.52. The highest BCUT2D eigenvalue weighted by Crippen LogP contribution is 2.16. The van der Waals surface area contributed by atoms with Gasteiger partial charge in [-0.2, -0.15) is 0 Å². The first-order chi connectivity index (χ1) is 6.88. The molecule has 5 heteroatoms. The molecule has 0 radical (unpaired) electrons. The van der Waals surface area contributed by atoms with Crippen LogP contribution in [-0.4, -0.2) is 29.5 Å². The molecule has 2 N–H and O–H groups in total. The monoisotopic (exact) mass is 197 g/mol. The van der Waals surface area contributed by atoms with E-state index in [-0.39, 0.29) is 6.10 Å². The molecule has 0 amide bonds. The van der Waals surface area contributed by atoms with Gasteiger partial charge in [-0.1, -0.05) is 0 Å². The first-order valence-electron chi connectivity index (χ1n) is 5.01. The van der Waals surface area contributed by atoms with E-state index in [2.05, 4.69) is 10.2 Å². The zero-order valence-electron chi connectivity index (χ0n) is 8.11. The van der Waals surface area contributed by atoms with Gasteiger partial charge < -0.3 is 14.9 Å². The lowest BCUT2D eigenvalue weighted by Gasteiger charge is -2.03. The Balaban J connectivity index is 1.88. The lowest BCUT2D eigenvalue weighted by atomic mass is 10.2. The first kappa shape index (κ1) is 9.61. The average molecular weight is 197 g/mol. The molecule has 1 atom stereocenters. The van der Waals surface area contributed by atoms with Crippen LogP contribution in [0.2, 0.25) is 0 Å². The Morgan fingerprint density at radius 1 is 1.36 bits per heavy atom. The van der Waals surface area contributed by atoms with E-state index in [4.69, 9.17) is 14.9 Å². The maximum atomic E-state index is 5.47. The molecule has 2 rings (SSSR count). The molecule has 0 saturated carbocycles. The van der Waals surface area contributed by atoms with Crippen LogP contribution in [0.1, 0.15) is 24.6 Å². The van der Waals surface area contributed by atoms with E-state index < -0.39 is 0 Å². The van der Waals surface area contributed by atoms with Crippen LogP contribution < -0.4 is 5.73 Å². The van der Waals surface area contributed by atoms with Gasteiger partial charge in [-0.3, -0.25) is 0 Å². The molecule has 1 aromatic heterocycles. The minimum Gasteiger partial charge on any atom is -0.425 e. The highest BCUT2D eigenvalue weighted by atomic mass is 16.5. The van der Waals surface area contributed by atoms with Gasteiger partial charge in [0.15, 0.2) is 0 Å². The summed E-state index contributed by atoms with van der Waals surface area (Å²) >= 11 is 0. The maximum Gasteiger partial charge on any atom is 0.219 e. The van der Waals surface area contributed by atoms with E-state index >= 15 is 0 Å². The summed E-state index contributed by atoms with van der Waals surface area (Å²) in [6, 6.07) is 0. The lowest BCUT2D eigenvalue weighted by Crippen LogP contribution is -2.08. The number of aromatic nitrogens is 2. The van der Waals surface area contributed by atoms with Crippen LogP contribution in [0.3, 0.4) is 0 Å². The fraction of sp³-hybridized carbons (Fsp3) is 0.778. The smallest absolute Gasteiger partial charge is 0.219 e. The van der Waals surface area contributed by atoms with Crippen LogP contribution in [0.5, 0.6) is 0 Å². The van der Waals surface area contributed by atoms with Gasteiger partial charge in [-0.25, -0.2) is 0 Å². The van der Waals surface area contributed by atoms with Crippen molar-refractivity contribution < 1.29 is 9.15 Å². The predicted octanol–water partition coefficient (Wildman–Crippen LogP) is 0.292. The molecule has 5 nitrogen and oxygen atoms in total. The molecule has 1 saturated heterocycles. The topological polar surface area (TPSA) is 74.2 Å². The summed E-state index contributed by atoms with van der Waals surface area (Å²) in [4.78, 5) is 0. The third-order valence-corrected chi connectivity index (χ3v) is 2.29. The lowest BCUT2D eigenvalue weighted by molar-refractivity contribution is 0.105. The molecule has 1 fully saturated rings. The fourth-order valence-electron chi connectivity index (χ4n) is 1.60. The number of rotatable bonds is 4. The van der Waals surface area contributed by atoms with Crippen molar-refractivity contribution in [1.82, 2.24) is 10.2 Å². The van der Waals surface area contributed by atoms with Crippen LogP contribution in [0.25, 0.3) is 0 Å². The van der Waals surface area contributed by atoms with Gasteiger partial charge >= 0.3 is 0 Å². The molecule has 1 unspecified atom stereocenters. The number of hydrogen-bond donors (Lipinski definition) is 1. The highest BCUT2D eigenvalue weighted by molar-refractivity contribution is 4.86. The van der Waals surface area contributed by atoms with Crippen LogP contribution in [0.4, 0.5) is 0 Å². The molecule has 1 aliphatic heterocycles. The molecule has 14 heavy (non-hydrogen) atoms. The van der Waals surface area contributed by atoms with Crippen LogP contribution in [0, 0.1) is 0 Å². The zero-order chi connectivity index (χ0) is 9.80. The van der Waals surface area contributed by atoms with Gasteiger partial charge in [0.1, 0.15) is 0 Å². The Morgan fingerprint density at radius 2 is 2.21 bits per heavy atom. The average Bonchev–Trinajstić information content (AvgIpc) is 2.79. The molecule has 0 aliphatic carbocycles. The van der Waals surface area contributed by atoms with E-state index in [1.165, 1.54) is 0 Å². The van der Waals surface area contributed by atoms with E-state index in [1.54, 1.807) is 0 Å². The van der Waals surface area contributed by atoms with Crippen LogP contribution >= 0.6 is 0 Å². The van der Waals surface area contributed by atoms with E-state index in [0.717, 1.165) is 25.9 Å². The van der Waals surface area contributed by atoms with Crippen molar-refractivity contribution in [3.8, 4) is 0 Å². The van der Waals surface area contributed by atoms with Gasteiger partial charge in [-0.15, -0.1) is 10.2 Å².